The lowest BCUT2D eigenvalue weighted by atomic mass is 9.96. The highest BCUT2D eigenvalue weighted by Crippen LogP contribution is 2.31. The van der Waals surface area contributed by atoms with Crippen LogP contribution in [0.15, 0.2) is 47.4 Å². The van der Waals surface area contributed by atoms with Crippen LogP contribution in [-0.4, -0.2) is 24.4 Å². The largest absolute Gasteiger partial charge is 0.385 e. The van der Waals surface area contributed by atoms with E-state index in [1.807, 2.05) is 51.2 Å². The van der Waals surface area contributed by atoms with Gasteiger partial charge in [0.2, 0.25) is 0 Å². The molecule has 0 aliphatic heterocycles. The molecule has 6 nitrogen and oxygen atoms in total. The number of hydrogen-bond donors (Lipinski definition) is 1. The average molecular weight is 420 g/mol. The Bertz CT molecular complexity index is 1350. The summed E-state index contributed by atoms with van der Waals surface area (Å²) in [6, 6.07) is 10.5. The number of aryl methyl sites for hydroxylation is 2. The zero-order valence-corrected chi connectivity index (χ0v) is 18.2. The van der Waals surface area contributed by atoms with Crippen molar-refractivity contribution in [1.29, 1.82) is 0 Å². The van der Waals surface area contributed by atoms with Crippen molar-refractivity contribution in [2.75, 3.05) is 0 Å². The Hall–Kier alpha value is -3.32. The van der Waals surface area contributed by atoms with Gasteiger partial charge in [-0.05, 0) is 54.5 Å². The molecule has 1 atom stereocenters. The lowest BCUT2D eigenvalue weighted by molar-refractivity contribution is 0.184. The molecule has 0 saturated heterocycles. The third-order valence-electron chi connectivity index (χ3n) is 5.54. The maximum absolute atomic E-state index is 15.2. The lowest BCUT2D eigenvalue weighted by Crippen LogP contribution is -2.20. The van der Waals surface area contributed by atoms with Gasteiger partial charge in [0.1, 0.15) is 11.9 Å². The lowest BCUT2D eigenvalue weighted by Gasteiger charge is -2.17. The fourth-order valence-corrected chi connectivity index (χ4v) is 3.90. The summed E-state index contributed by atoms with van der Waals surface area (Å²) >= 11 is 0. The van der Waals surface area contributed by atoms with E-state index in [0.717, 1.165) is 16.8 Å². The number of hydrogen-bond acceptors (Lipinski definition) is 4. The minimum absolute atomic E-state index is 0.0985. The molecule has 1 N–H and O–H groups in total. The van der Waals surface area contributed by atoms with Crippen molar-refractivity contribution in [3.05, 3.63) is 75.7 Å². The summed E-state index contributed by atoms with van der Waals surface area (Å²) in [5.41, 5.74) is 2.57. The van der Waals surface area contributed by atoms with Crippen LogP contribution in [0, 0.1) is 12.7 Å². The Morgan fingerprint density at radius 3 is 2.42 bits per heavy atom. The first-order valence-electron chi connectivity index (χ1n) is 10.2. The van der Waals surface area contributed by atoms with Crippen molar-refractivity contribution in [2.45, 2.75) is 39.7 Å². The minimum atomic E-state index is -0.831. The van der Waals surface area contributed by atoms with Gasteiger partial charge in [-0.3, -0.25) is 14.0 Å². The van der Waals surface area contributed by atoms with E-state index in [0.29, 0.717) is 16.6 Å². The van der Waals surface area contributed by atoms with Gasteiger partial charge in [0.25, 0.3) is 5.56 Å². The Labute approximate surface area is 179 Å². The summed E-state index contributed by atoms with van der Waals surface area (Å²) in [6.45, 7) is 7.59. The fraction of sp³-hybridized carbons (Fsp3) is 0.292. The molecule has 7 heteroatoms. The van der Waals surface area contributed by atoms with Gasteiger partial charge in [0, 0.05) is 13.2 Å². The van der Waals surface area contributed by atoms with Crippen LogP contribution in [-0.2, 0) is 7.05 Å². The Kier molecular flexibility index (Phi) is 5.23. The van der Waals surface area contributed by atoms with Gasteiger partial charge in [-0.25, -0.2) is 9.37 Å². The average Bonchev–Trinajstić information content (AvgIpc) is 3.10. The maximum Gasteiger partial charge on any atom is 0.263 e. The Morgan fingerprint density at radius 2 is 1.81 bits per heavy atom. The summed E-state index contributed by atoms with van der Waals surface area (Å²) < 4.78 is 18.2. The second-order valence-corrected chi connectivity index (χ2v) is 8.17. The monoisotopic (exact) mass is 420 g/mol. The number of benzene rings is 2. The topological polar surface area (TPSA) is 72.9 Å². The third kappa shape index (κ3) is 3.55. The molecule has 0 aliphatic carbocycles. The summed E-state index contributed by atoms with van der Waals surface area (Å²) in [5.74, 6) is 0.0371. The van der Waals surface area contributed by atoms with Crippen molar-refractivity contribution in [3.63, 3.8) is 0 Å². The van der Waals surface area contributed by atoms with E-state index in [4.69, 9.17) is 0 Å². The summed E-state index contributed by atoms with van der Waals surface area (Å²) in [6.07, 6.45) is 1.01. The number of aliphatic hydroxyl groups excluding tert-OH is 1. The van der Waals surface area contributed by atoms with E-state index < -0.39 is 11.9 Å². The number of halogens is 1. The van der Waals surface area contributed by atoms with E-state index in [1.165, 1.54) is 10.7 Å². The number of rotatable bonds is 4. The van der Waals surface area contributed by atoms with Crippen LogP contribution >= 0.6 is 0 Å². The second-order valence-electron chi connectivity index (χ2n) is 8.17. The van der Waals surface area contributed by atoms with Crippen LogP contribution in [0.5, 0.6) is 0 Å². The smallest absolute Gasteiger partial charge is 0.263 e. The normalized spacial score (nSPS) is 12.6. The highest BCUT2D eigenvalue weighted by atomic mass is 19.1. The quantitative estimate of drug-likeness (QED) is 0.531. The van der Waals surface area contributed by atoms with Crippen LogP contribution < -0.4 is 5.56 Å². The highest BCUT2D eigenvalue weighted by molar-refractivity contribution is 5.89. The predicted octanol–water partition coefficient (Wildman–Crippen LogP) is 4.41. The van der Waals surface area contributed by atoms with Gasteiger partial charge < -0.3 is 5.11 Å². The first-order chi connectivity index (χ1) is 14.7. The molecular weight excluding hydrogens is 395 g/mol. The summed E-state index contributed by atoms with van der Waals surface area (Å²) in [7, 11) is 1.65. The van der Waals surface area contributed by atoms with Crippen molar-refractivity contribution in [3.8, 4) is 17.1 Å². The molecule has 2 heterocycles. The third-order valence-corrected chi connectivity index (χ3v) is 5.54. The molecule has 0 fully saturated rings. The predicted molar refractivity (Wildman–Crippen MR) is 119 cm³/mol. The number of pyridine rings is 1. The van der Waals surface area contributed by atoms with Gasteiger partial charge in [0.05, 0.1) is 16.6 Å². The number of aromatic nitrogens is 4. The fourth-order valence-electron chi connectivity index (χ4n) is 3.90. The SMILES string of the molecule is Cc1ccccc1-n1cc(C(C)C)c2cc(-c3nc([C@@H](C)O)n(C)n3)c(F)cc2c1=O. The molecule has 0 amide bonds. The van der Waals surface area contributed by atoms with Gasteiger partial charge in [-0.2, -0.15) is 5.10 Å². The van der Waals surface area contributed by atoms with Crippen molar-refractivity contribution >= 4 is 10.8 Å². The van der Waals surface area contributed by atoms with E-state index >= 15 is 4.39 Å². The highest BCUT2D eigenvalue weighted by Gasteiger charge is 2.20. The molecule has 0 aliphatic rings. The van der Waals surface area contributed by atoms with Gasteiger partial charge in [-0.1, -0.05) is 32.0 Å². The van der Waals surface area contributed by atoms with Crippen LogP contribution in [0.4, 0.5) is 4.39 Å². The maximum atomic E-state index is 15.2. The van der Waals surface area contributed by atoms with Crippen LogP contribution in [0.3, 0.4) is 0 Å². The number of nitrogens with zero attached hydrogens (tertiary/aromatic N) is 4. The summed E-state index contributed by atoms with van der Waals surface area (Å²) in [4.78, 5) is 17.6. The molecule has 0 radical (unpaired) electrons. The van der Waals surface area contributed by atoms with E-state index in [2.05, 4.69) is 10.1 Å². The molecule has 160 valence electrons. The molecule has 0 unspecified atom stereocenters. The molecule has 4 rings (SSSR count). The zero-order chi connectivity index (χ0) is 22.4. The van der Waals surface area contributed by atoms with Crippen molar-refractivity contribution in [1.82, 2.24) is 19.3 Å². The van der Waals surface area contributed by atoms with Crippen LogP contribution in [0.1, 0.15) is 49.7 Å². The molecule has 31 heavy (non-hydrogen) atoms. The molecule has 2 aromatic carbocycles. The van der Waals surface area contributed by atoms with E-state index in [1.54, 1.807) is 24.6 Å². The Morgan fingerprint density at radius 1 is 1.10 bits per heavy atom. The molecular formula is C24H25FN4O2. The van der Waals surface area contributed by atoms with Crippen LogP contribution in [0.2, 0.25) is 0 Å². The van der Waals surface area contributed by atoms with Gasteiger partial charge >= 0.3 is 0 Å². The van der Waals surface area contributed by atoms with Crippen LogP contribution in [0.25, 0.3) is 27.8 Å². The van der Waals surface area contributed by atoms with E-state index in [9.17, 15) is 9.90 Å². The summed E-state index contributed by atoms with van der Waals surface area (Å²) in [5, 5.41) is 15.1. The molecule has 0 saturated carbocycles. The second kappa shape index (κ2) is 7.74. The van der Waals surface area contributed by atoms with Crippen molar-refractivity contribution < 1.29 is 9.50 Å². The first kappa shape index (κ1) is 20.9. The molecule has 2 aromatic heterocycles. The number of aliphatic hydroxyl groups is 1. The Balaban J connectivity index is 2.02. The minimum Gasteiger partial charge on any atom is -0.385 e. The van der Waals surface area contributed by atoms with Gasteiger partial charge in [-0.15, -0.1) is 0 Å². The zero-order valence-electron chi connectivity index (χ0n) is 18.2. The van der Waals surface area contributed by atoms with E-state index in [-0.39, 0.29) is 22.9 Å². The standard InChI is InChI=1S/C24H25FN4O2/c1-13(2)19-12-29(21-9-7-6-8-14(21)3)24(31)17-11-20(25)18(10-16(17)19)22-26-23(15(4)30)28(5)27-22/h6-13,15,30H,1-5H3/t15-/m1/s1. The molecule has 4 aromatic rings. The van der Waals surface area contributed by atoms with Gasteiger partial charge in [0.15, 0.2) is 11.6 Å². The number of fused-ring (bicyclic) bond motifs is 1. The molecule has 0 spiro atoms. The molecule has 0 bridgehead atoms. The number of para-hydroxylation sites is 1. The van der Waals surface area contributed by atoms with Crippen molar-refractivity contribution in [2.24, 2.45) is 7.05 Å². The first-order valence-corrected chi connectivity index (χ1v) is 10.2.